The fraction of sp³-hybridized carbons (Fsp3) is 0.562. The highest BCUT2D eigenvalue weighted by atomic mass is 16.6. The van der Waals surface area contributed by atoms with E-state index in [0.29, 0.717) is 42.4 Å². The van der Waals surface area contributed by atoms with Gasteiger partial charge in [0.2, 0.25) is 0 Å². The van der Waals surface area contributed by atoms with Gasteiger partial charge in [0.25, 0.3) is 5.91 Å². The zero-order chi connectivity index (χ0) is 14.2. The lowest BCUT2D eigenvalue weighted by atomic mass is 10.1. The average Bonchev–Trinajstić information content (AvgIpc) is 2.85. The molecule has 112 valence electrons. The molecule has 0 aromatic heterocycles. The fourth-order valence-corrected chi connectivity index (χ4v) is 3.54. The van der Waals surface area contributed by atoms with E-state index in [9.17, 15) is 4.79 Å². The first-order chi connectivity index (χ1) is 10.3. The molecule has 1 N–H and O–H groups in total. The quantitative estimate of drug-likeness (QED) is 0.849. The van der Waals surface area contributed by atoms with E-state index in [-0.39, 0.29) is 5.91 Å². The molecule has 0 aliphatic carbocycles. The van der Waals surface area contributed by atoms with Gasteiger partial charge in [0.05, 0.1) is 5.56 Å². The van der Waals surface area contributed by atoms with Crippen LogP contribution in [0, 0.1) is 0 Å². The number of carbonyl (C=O) groups excluding carboxylic acids is 1. The van der Waals surface area contributed by atoms with Crippen LogP contribution in [0.4, 0.5) is 0 Å². The third kappa shape index (κ3) is 2.35. The second-order valence-corrected chi connectivity index (χ2v) is 6.01. The SMILES string of the molecule is O=C(c1cccc2c1OCCO2)N1CCC2CCC(C1)N2. The molecule has 0 spiro atoms. The molecule has 2 bridgehead atoms. The lowest BCUT2D eigenvalue weighted by Gasteiger charge is -2.27. The number of likely N-dealkylation sites (tertiary alicyclic amines) is 1. The minimum Gasteiger partial charge on any atom is -0.486 e. The number of nitrogens with one attached hydrogen (secondary N) is 1. The average molecular weight is 288 g/mol. The summed E-state index contributed by atoms with van der Waals surface area (Å²) in [6, 6.07) is 6.59. The lowest BCUT2D eigenvalue weighted by molar-refractivity contribution is 0.0737. The van der Waals surface area contributed by atoms with E-state index in [4.69, 9.17) is 9.47 Å². The van der Waals surface area contributed by atoms with Crippen LogP contribution in [0.5, 0.6) is 11.5 Å². The van der Waals surface area contributed by atoms with Gasteiger partial charge in [0, 0.05) is 25.2 Å². The predicted molar refractivity (Wildman–Crippen MR) is 77.9 cm³/mol. The summed E-state index contributed by atoms with van der Waals surface area (Å²) in [7, 11) is 0. The van der Waals surface area contributed by atoms with Crippen molar-refractivity contribution in [2.24, 2.45) is 0 Å². The topological polar surface area (TPSA) is 50.8 Å². The van der Waals surface area contributed by atoms with Gasteiger partial charge in [0.15, 0.2) is 11.5 Å². The number of hydrogen-bond acceptors (Lipinski definition) is 4. The van der Waals surface area contributed by atoms with Crippen LogP contribution in [-0.4, -0.2) is 49.2 Å². The third-order valence-corrected chi connectivity index (χ3v) is 4.61. The maximum atomic E-state index is 12.9. The second kappa shape index (κ2) is 5.22. The molecule has 5 heteroatoms. The van der Waals surface area contributed by atoms with Gasteiger partial charge in [0.1, 0.15) is 13.2 Å². The lowest BCUT2D eigenvalue weighted by Crippen LogP contribution is -2.39. The monoisotopic (exact) mass is 288 g/mol. The normalized spacial score (nSPS) is 27.3. The van der Waals surface area contributed by atoms with Crippen molar-refractivity contribution in [3.8, 4) is 11.5 Å². The van der Waals surface area contributed by atoms with Gasteiger partial charge in [-0.3, -0.25) is 4.79 Å². The zero-order valence-corrected chi connectivity index (χ0v) is 12.0. The minimum absolute atomic E-state index is 0.0618. The van der Waals surface area contributed by atoms with Gasteiger partial charge in [-0.05, 0) is 31.4 Å². The first-order valence-corrected chi connectivity index (χ1v) is 7.75. The van der Waals surface area contributed by atoms with Gasteiger partial charge in [-0.15, -0.1) is 0 Å². The maximum absolute atomic E-state index is 12.9. The predicted octanol–water partition coefficient (Wildman–Crippen LogP) is 1.42. The number of para-hydroxylation sites is 1. The van der Waals surface area contributed by atoms with Gasteiger partial charge in [-0.25, -0.2) is 0 Å². The van der Waals surface area contributed by atoms with E-state index in [0.717, 1.165) is 19.5 Å². The number of hydrogen-bond donors (Lipinski definition) is 1. The van der Waals surface area contributed by atoms with E-state index < -0.39 is 0 Å². The Hall–Kier alpha value is -1.75. The molecule has 21 heavy (non-hydrogen) atoms. The molecule has 2 unspecified atom stereocenters. The molecule has 0 radical (unpaired) electrons. The number of rotatable bonds is 1. The molecule has 1 aromatic carbocycles. The molecule has 3 aliphatic heterocycles. The van der Waals surface area contributed by atoms with Crippen LogP contribution in [0.2, 0.25) is 0 Å². The number of fused-ring (bicyclic) bond motifs is 3. The van der Waals surface area contributed by atoms with Crippen molar-refractivity contribution in [1.82, 2.24) is 10.2 Å². The van der Waals surface area contributed by atoms with Gasteiger partial charge in [-0.2, -0.15) is 0 Å². The Morgan fingerprint density at radius 3 is 2.95 bits per heavy atom. The molecule has 5 nitrogen and oxygen atoms in total. The summed E-state index contributed by atoms with van der Waals surface area (Å²) in [5.74, 6) is 1.35. The summed E-state index contributed by atoms with van der Waals surface area (Å²) in [6.45, 7) is 2.66. The van der Waals surface area contributed by atoms with Crippen molar-refractivity contribution in [2.75, 3.05) is 26.3 Å². The van der Waals surface area contributed by atoms with Crippen LogP contribution in [0.25, 0.3) is 0 Å². The van der Waals surface area contributed by atoms with Gasteiger partial charge >= 0.3 is 0 Å². The molecular formula is C16H20N2O3. The van der Waals surface area contributed by atoms with Crippen molar-refractivity contribution in [2.45, 2.75) is 31.3 Å². The minimum atomic E-state index is 0.0618. The Morgan fingerprint density at radius 1 is 1.14 bits per heavy atom. The molecule has 2 saturated heterocycles. The van der Waals surface area contributed by atoms with Crippen LogP contribution in [-0.2, 0) is 0 Å². The number of benzene rings is 1. The number of ether oxygens (including phenoxy) is 2. The van der Waals surface area contributed by atoms with Crippen molar-refractivity contribution in [1.29, 1.82) is 0 Å². The highest BCUT2D eigenvalue weighted by Gasteiger charge is 2.33. The molecule has 3 heterocycles. The third-order valence-electron chi connectivity index (χ3n) is 4.61. The molecule has 1 amide bonds. The standard InChI is InChI=1S/C16H20N2O3/c19-16(18-7-6-11-4-5-12(10-18)17-11)13-2-1-3-14-15(13)21-9-8-20-14/h1-3,11-12,17H,4-10H2. The Kier molecular flexibility index (Phi) is 3.22. The summed E-state index contributed by atoms with van der Waals surface area (Å²) >= 11 is 0. The molecule has 1 aromatic rings. The summed E-state index contributed by atoms with van der Waals surface area (Å²) in [5, 5.41) is 3.60. The molecular weight excluding hydrogens is 268 g/mol. The van der Waals surface area contributed by atoms with Crippen molar-refractivity contribution >= 4 is 5.91 Å². The van der Waals surface area contributed by atoms with Gasteiger partial charge in [-0.1, -0.05) is 6.07 Å². The first-order valence-electron chi connectivity index (χ1n) is 7.75. The number of amides is 1. The zero-order valence-electron chi connectivity index (χ0n) is 12.0. The number of carbonyl (C=O) groups is 1. The summed E-state index contributed by atoms with van der Waals surface area (Å²) in [6.07, 6.45) is 3.44. The molecule has 0 saturated carbocycles. The summed E-state index contributed by atoms with van der Waals surface area (Å²) < 4.78 is 11.2. The fourth-order valence-electron chi connectivity index (χ4n) is 3.54. The summed E-state index contributed by atoms with van der Waals surface area (Å²) in [4.78, 5) is 14.8. The van der Waals surface area contributed by atoms with Crippen LogP contribution in [0.15, 0.2) is 18.2 Å². The smallest absolute Gasteiger partial charge is 0.257 e. The highest BCUT2D eigenvalue weighted by molar-refractivity contribution is 5.98. The van der Waals surface area contributed by atoms with Crippen molar-refractivity contribution in [3.05, 3.63) is 23.8 Å². The van der Waals surface area contributed by atoms with Crippen LogP contribution >= 0.6 is 0 Å². The Balaban J connectivity index is 1.60. The van der Waals surface area contributed by atoms with Crippen molar-refractivity contribution < 1.29 is 14.3 Å². The maximum Gasteiger partial charge on any atom is 0.257 e. The highest BCUT2D eigenvalue weighted by Crippen LogP contribution is 2.34. The van der Waals surface area contributed by atoms with Crippen LogP contribution < -0.4 is 14.8 Å². The van der Waals surface area contributed by atoms with Crippen molar-refractivity contribution in [3.63, 3.8) is 0 Å². The summed E-state index contributed by atoms with van der Waals surface area (Å²) in [5.41, 5.74) is 0.630. The molecule has 4 rings (SSSR count). The van der Waals surface area contributed by atoms with Gasteiger partial charge < -0.3 is 19.7 Å². The van der Waals surface area contributed by atoms with E-state index in [1.165, 1.54) is 12.8 Å². The number of nitrogens with zero attached hydrogens (tertiary/aromatic N) is 1. The Bertz CT molecular complexity index is 560. The second-order valence-electron chi connectivity index (χ2n) is 6.01. The molecule has 2 fully saturated rings. The van der Waals surface area contributed by atoms with E-state index in [1.807, 2.05) is 23.1 Å². The Morgan fingerprint density at radius 2 is 2.00 bits per heavy atom. The van der Waals surface area contributed by atoms with E-state index in [2.05, 4.69) is 5.32 Å². The first kappa shape index (κ1) is 13.0. The molecule has 2 atom stereocenters. The largest absolute Gasteiger partial charge is 0.486 e. The molecule has 3 aliphatic rings. The van der Waals surface area contributed by atoms with Crippen LogP contribution in [0.1, 0.15) is 29.6 Å². The Labute approximate surface area is 124 Å². The van der Waals surface area contributed by atoms with Crippen LogP contribution in [0.3, 0.4) is 0 Å². The van der Waals surface area contributed by atoms with E-state index in [1.54, 1.807) is 0 Å². The van der Waals surface area contributed by atoms with E-state index >= 15 is 0 Å².